The van der Waals surface area contributed by atoms with Gasteiger partial charge >= 0.3 is 0 Å². The molecular formula is C8H8N4OS. The number of aliphatic imine (C=N–C) groups is 1. The van der Waals surface area contributed by atoms with Crippen LogP contribution in [0, 0.1) is 0 Å². The zero-order chi connectivity index (χ0) is 9.97. The molecule has 1 aliphatic heterocycles. The van der Waals surface area contributed by atoms with Crippen molar-refractivity contribution in [2.24, 2.45) is 10.7 Å². The summed E-state index contributed by atoms with van der Waals surface area (Å²) in [6.45, 7) is 0.437. The molecular weight excluding hydrogens is 200 g/mol. The van der Waals surface area contributed by atoms with Gasteiger partial charge in [0, 0.05) is 17.8 Å². The molecule has 1 aliphatic rings. The SMILES string of the molecule is NC(=O)C1=CN=CN(c2nccs2)C1. The molecule has 2 heterocycles. The highest BCUT2D eigenvalue weighted by molar-refractivity contribution is 7.13. The maximum Gasteiger partial charge on any atom is 0.248 e. The monoisotopic (exact) mass is 208 g/mol. The van der Waals surface area contributed by atoms with Crippen molar-refractivity contribution >= 4 is 28.7 Å². The van der Waals surface area contributed by atoms with E-state index < -0.39 is 5.91 Å². The Kier molecular flexibility index (Phi) is 2.28. The zero-order valence-electron chi connectivity index (χ0n) is 7.25. The van der Waals surface area contributed by atoms with E-state index in [4.69, 9.17) is 5.73 Å². The summed E-state index contributed by atoms with van der Waals surface area (Å²) in [4.78, 5) is 20.7. The summed E-state index contributed by atoms with van der Waals surface area (Å²) >= 11 is 1.49. The molecule has 2 N–H and O–H groups in total. The number of thiazole rings is 1. The van der Waals surface area contributed by atoms with Gasteiger partial charge in [-0.2, -0.15) is 0 Å². The molecule has 0 aliphatic carbocycles. The van der Waals surface area contributed by atoms with Crippen molar-refractivity contribution in [3.63, 3.8) is 0 Å². The number of rotatable bonds is 2. The van der Waals surface area contributed by atoms with Gasteiger partial charge in [0.2, 0.25) is 5.91 Å². The number of amides is 1. The highest BCUT2D eigenvalue weighted by atomic mass is 32.1. The highest BCUT2D eigenvalue weighted by Gasteiger charge is 2.15. The number of anilines is 1. The minimum Gasteiger partial charge on any atom is -0.366 e. The fourth-order valence-electron chi connectivity index (χ4n) is 1.09. The van der Waals surface area contributed by atoms with Crippen LogP contribution in [0.3, 0.4) is 0 Å². The lowest BCUT2D eigenvalue weighted by Gasteiger charge is -2.19. The average molecular weight is 208 g/mol. The minimum atomic E-state index is -0.441. The van der Waals surface area contributed by atoms with Crippen LogP contribution in [-0.2, 0) is 4.79 Å². The molecule has 0 aromatic carbocycles. The number of primary amides is 1. The first-order valence-corrected chi connectivity index (χ1v) is 4.83. The number of aromatic nitrogens is 1. The third-order valence-electron chi connectivity index (χ3n) is 1.76. The van der Waals surface area contributed by atoms with Crippen LogP contribution in [0.1, 0.15) is 0 Å². The Balaban J connectivity index is 2.18. The summed E-state index contributed by atoms with van der Waals surface area (Å²) in [5.74, 6) is -0.441. The van der Waals surface area contributed by atoms with Crippen LogP contribution in [0.5, 0.6) is 0 Å². The molecule has 1 aromatic rings. The number of nitrogens with zero attached hydrogens (tertiary/aromatic N) is 3. The number of nitrogens with two attached hydrogens (primary N) is 1. The summed E-state index contributed by atoms with van der Waals surface area (Å²) in [6.07, 6.45) is 4.81. The van der Waals surface area contributed by atoms with E-state index in [-0.39, 0.29) is 0 Å². The van der Waals surface area contributed by atoms with E-state index >= 15 is 0 Å². The molecule has 1 amide bonds. The van der Waals surface area contributed by atoms with Gasteiger partial charge in [0.15, 0.2) is 5.13 Å². The van der Waals surface area contributed by atoms with Gasteiger partial charge in [-0.05, 0) is 0 Å². The summed E-state index contributed by atoms with van der Waals surface area (Å²) in [7, 11) is 0. The van der Waals surface area contributed by atoms with Crippen LogP contribution < -0.4 is 10.6 Å². The van der Waals surface area contributed by atoms with Crippen LogP contribution in [0.4, 0.5) is 5.13 Å². The first kappa shape index (κ1) is 8.89. The Bertz CT molecular complexity index is 395. The lowest BCUT2D eigenvalue weighted by molar-refractivity contribution is -0.114. The van der Waals surface area contributed by atoms with E-state index in [2.05, 4.69) is 9.98 Å². The second-order valence-electron chi connectivity index (χ2n) is 2.73. The normalized spacial score (nSPS) is 15.4. The Morgan fingerprint density at radius 2 is 2.50 bits per heavy atom. The van der Waals surface area contributed by atoms with Crippen molar-refractivity contribution in [3.05, 3.63) is 23.3 Å². The number of hydrogen-bond donors (Lipinski definition) is 1. The van der Waals surface area contributed by atoms with Gasteiger partial charge in [-0.1, -0.05) is 0 Å². The molecule has 2 rings (SSSR count). The second-order valence-corrected chi connectivity index (χ2v) is 3.60. The van der Waals surface area contributed by atoms with Crippen LogP contribution >= 0.6 is 11.3 Å². The van der Waals surface area contributed by atoms with E-state index in [1.165, 1.54) is 17.5 Å². The van der Waals surface area contributed by atoms with Gasteiger partial charge in [-0.25, -0.2) is 9.98 Å². The first-order chi connectivity index (χ1) is 6.77. The predicted octanol–water partition coefficient (Wildman–Crippen LogP) is 0.361. The molecule has 0 spiro atoms. The Labute approximate surface area is 84.6 Å². The number of carbonyl (C=O) groups is 1. The lowest BCUT2D eigenvalue weighted by Crippen LogP contribution is -2.31. The van der Waals surface area contributed by atoms with E-state index in [1.807, 2.05) is 5.38 Å². The van der Waals surface area contributed by atoms with Crippen molar-refractivity contribution < 1.29 is 4.79 Å². The van der Waals surface area contributed by atoms with Crippen molar-refractivity contribution in [2.45, 2.75) is 0 Å². The molecule has 0 saturated carbocycles. The summed E-state index contributed by atoms with van der Waals surface area (Å²) in [6, 6.07) is 0. The summed E-state index contributed by atoms with van der Waals surface area (Å²) < 4.78 is 0. The quantitative estimate of drug-likeness (QED) is 0.762. The van der Waals surface area contributed by atoms with Crippen molar-refractivity contribution in [1.82, 2.24) is 4.98 Å². The maximum absolute atomic E-state index is 10.9. The Morgan fingerprint density at radius 3 is 3.14 bits per heavy atom. The molecule has 14 heavy (non-hydrogen) atoms. The number of carbonyl (C=O) groups excluding carboxylic acids is 1. The van der Waals surface area contributed by atoms with Crippen LogP contribution in [0.2, 0.25) is 0 Å². The fraction of sp³-hybridized carbons (Fsp3) is 0.125. The van der Waals surface area contributed by atoms with Crippen LogP contribution in [0.25, 0.3) is 0 Å². The molecule has 0 bridgehead atoms. The van der Waals surface area contributed by atoms with Gasteiger partial charge in [-0.3, -0.25) is 4.79 Å². The molecule has 0 atom stereocenters. The number of hydrogen-bond acceptors (Lipinski definition) is 5. The Hall–Kier alpha value is -1.69. The van der Waals surface area contributed by atoms with E-state index in [9.17, 15) is 4.79 Å². The first-order valence-electron chi connectivity index (χ1n) is 3.95. The fourth-order valence-corrected chi connectivity index (χ4v) is 1.70. The van der Waals surface area contributed by atoms with Crippen molar-refractivity contribution in [3.8, 4) is 0 Å². The summed E-state index contributed by atoms with van der Waals surface area (Å²) in [5.41, 5.74) is 5.65. The minimum absolute atomic E-state index is 0.437. The standard InChI is InChI=1S/C8H8N4OS/c9-7(13)6-3-10-5-12(4-6)8-11-1-2-14-8/h1-3,5H,4H2,(H2,9,13). The topological polar surface area (TPSA) is 71.6 Å². The zero-order valence-corrected chi connectivity index (χ0v) is 8.07. The second kappa shape index (κ2) is 3.59. The Morgan fingerprint density at radius 1 is 1.64 bits per heavy atom. The van der Waals surface area contributed by atoms with Gasteiger partial charge in [-0.15, -0.1) is 11.3 Å². The molecule has 1 aromatic heterocycles. The predicted molar refractivity (Wildman–Crippen MR) is 55.2 cm³/mol. The van der Waals surface area contributed by atoms with E-state index in [1.54, 1.807) is 17.4 Å². The van der Waals surface area contributed by atoms with Crippen molar-refractivity contribution in [2.75, 3.05) is 11.4 Å². The van der Waals surface area contributed by atoms with Gasteiger partial charge in [0.05, 0.1) is 18.5 Å². The van der Waals surface area contributed by atoms with Gasteiger partial charge in [0.25, 0.3) is 0 Å². The van der Waals surface area contributed by atoms with Gasteiger partial charge in [0.1, 0.15) is 0 Å². The molecule has 0 unspecified atom stereocenters. The van der Waals surface area contributed by atoms with Crippen molar-refractivity contribution in [1.29, 1.82) is 0 Å². The van der Waals surface area contributed by atoms with E-state index in [0.29, 0.717) is 12.1 Å². The average Bonchev–Trinajstić information content (AvgIpc) is 2.71. The maximum atomic E-state index is 10.9. The lowest BCUT2D eigenvalue weighted by atomic mass is 10.2. The highest BCUT2D eigenvalue weighted by Crippen LogP contribution is 2.18. The molecule has 5 nitrogen and oxygen atoms in total. The molecule has 0 saturated heterocycles. The third kappa shape index (κ3) is 1.64. The molecule has 0 radical (unpaired) electrons. The third-order valence-corrected chi connectivity index (χ3v) is 2.57. The smallest absolute Gasteiger partial charge is 0.248 e. The van der Waals surface area contributed by atoms with Gasteiger partial charge < -0.3 is 10.6 Å². The van der Waals surface area contributed by atoms with Crippen LogP contribution in [0.15, 0.2) is 28.3 Å². The van der Waals surface area contributed by atoms with E-state index in [0.717, 1.165) is 5.13 Å². The molecule has 72 valence electrons. The molecule has 0 fully saturated rings. The van der Waals surface area contributed by atoms with Crippen LogP contribution in [-0.4, -0.2) is 23.8 Å². The summed E-state index contributed by atoms with van der Waals surface area (Å²) in [5, 5.41) is 2.67. The molecule has 6 heteroatoms. The largest absolute Gasteiger partial charge is 0.366 e.